The van der Waals surface area contributed by atoms with E-state index in [9.17, 15) is 21.6 Å². The summed E-state index contributed by atoms with van der Waals surface area (Å²) in [4.78, 5) is 16.4. The Morgan fingerprint density at radius 3 is 2.56 bits per heavy atom. The van der Waals surface area contributed by atoms with Crippen molar-refractivity contribution in [3.8, 4) is 17.3 Å². The summed E-state index contributed by atoms with van der Waals surface area (Å²) in [5.74, 6) is 0.0296. The van der Waals surface area contributed by atoms with Crippen LogP contribution in [0.15, 0.2) is 34.6 Å². The standard InChI is InChI=1S/C19H20F3N5O4S/c1-5-32(28,29)15-6-12(31-10-11(2)26-30-4)8-24-17(15)18-25-13-7-16(19(20,21)22)23-9-14(13)27(18)3/h6-9H,5,10H2,1-4H3. The topological polar surface area (TPSA) is 109 Å². The van der Waals surface area contributed by atoms with E-state index in [0.717, 1.165) is 12.3 Å². The molecule has 3 heterocycles. The van der Waals surface area contributed by atoms with Gasteiger partial charge in [-0.05, 0) is 13.0 Å². The van der Waals surface area contributed by atoms with Crippen molar-refractivity contribution in [2.75, 3.05) is 19.5 Å². The molecule has 0 aromatic carbocycles. The number of hydrogen-bond acceptors (Lipinski definition) is 8. The Morgan fingerprint density at radius 2 is 1.94 bits per heavy atom. The average molecular weight is 471 g/mol. The van der Waals surface area contributed by atoms with Crippen LogP contribution in [-0.2, 0) is 27.9 Å². The number of pyridine rings is 2. The summed E-state index contributed by atoms with van der Waals surface area (Å²) in [5, 5.41) is 3.71. The highest BCUT2D eigenvalue weighted by Gasteiger charge is 2.33. The van der Waals surface area contributed by atoms with Gasteiger partial charge in [0.15, 0.2) is 15.7 Å². The van der Waals surface area contributed by atoms with Crippen molar-refractivity contribution < 1.29 is 31.2 Å². The molecule has 0 spiro atoms. The molecule has 3 aromatic rings. The van der Waals surface area contributed by atoms with Crippen molar-refractivity contribution in [2.45, 2.75) is 24.9 Å². The number of alkyl halides is 3. The molecule has 3 aromatic heterocycles. The normalized spacial score (nSPS) is 12.9. The summed E-state index contributed by atoms with van der Waals surface area (Å²) in [5.41, 5.74) is -0.283. The van der Waals surface area contributed by atoms with Crippen LogP contribution in [0.25, 0.3) is 22.6 Å². The summed E-state index contributed by atoms with van der Waals surface area (Å²) in [6, 6.07) is 2.11. The number of aromatic nitrogens is 4. The van der Waals surface area contributed by atoms with Crippen LogP contribution < -0.4 is 4.74 Å². The Bertz CT molecular complexity index is 1290. The summed E-state index contributed by atoms with van der Waals surface area (Å²) in [6.45, 7) is 3.17. The number of hydrogen-bond donors (Lipinski definition) is 0. The molecule has 0 aliphatic carbocycles. The minimum absolute atomic E-state index is 0.00580. The van der Waals surface area contributed by atoms with Crippen LogP contribution in [0.2, 0.25) is 0 Å². The first-order valence-electron chi connectivity index (χ1n) is 9.30. The van der Waals surface area contributed by atoms with Gasteiger partial charge in [-0.3, -0.25) is 0 Å². The highest BCUT2D eigenvalue weighted by atomic mass is 32.2. The first-order chi connectivity index (χ1) is 15.0. The fourth-order valence-corrected chi connectivity index (χ4v) is 3.94. The molecule has 0 unspecified atom stereocenters. The smallest absolute Gasteiger partial charge is 0.433 e. The maximum atomic E-state index is 13.0. The predicted octanol–water partition coefficient (Wildman–Crippen LogP) is 3.24. The lowest BCUT2D eigenvalue weighted by Gasteiger charge is -2.12. The van der Waals surface area contributed by atoms with Gasteiger partial charge in [-0.15, -0.1) is 0 Å². The van der Waals surface area contributed by atoms with Gasteiger partial charge in [-0.2, -0.15) is 13.2 Å². The highest BCUT2D eigenvalue weighted by Crippen LogP contribution is 2.33. The first-order valence-corrected chi connectivity index (χ1v) is 11.0. The van der Waals surface area contributed by atoms with Gasteiger partial charge in [0.2, 0.25) is 0 Å². The van der Waals surface area contributed by atoms with E-state index in [1.165, 1.54) is 30.9 Å². The molecule has 0 atom stereocenters. The van der Waals surface area contributed by atoms with Crippen molar-refractivity contribution >= 4 is 26.6 Å². The summed E-state index contributed by atoms with van der Waals surface area (Å²) >= 11 is 0. The maximum Gasteiger partial charge on any atom is 0.433 e. The van der Waals surface area contributed by atoms with Gasteiger partial charge in [-0.25, -0.2) is 23.4 Å². The number of nitrogens with zero attached hydrogens (tertiary/aromatic N) is 5. The number of fused-ring (bicyclic) bond motifs is 1. The van der Waals surface area contributed by atoms with E-state index in [4.69, 9.17) is 4.74 Å². The quantitative estimate of drug-likeness (QED) is 0.384. The van der Waals surface area contributed by atoms with Gasteiger partial charge >= 0.3 is 6.18 Å². The van der Waals surface area contributed by atoms with E-state index in [-0.39, 0.29) is 40.0 Å². The van der Waals surface area contributed by atoms with Crippen molar-refractivity contribution in [1.29, 1.82) is 0 Å². The van der Waals surface area contributed by atoms with Crippen molar-refractivity contribution in [3.05, 3.63) is 30.2 Å². The second-order valence-corrected chi connectivity index (χ2v) is 9.02. The van der Waals surface area contributed by atoms with Crippen molar-refractivity contribution in [1.82, 2.24) is 19.5 Å². The first kappa shape index (κ1) is 23.4. The molecule has 0 saturated carbocycles. The van der Waals surface area contributed by atoms with Crippen molar-refractivity contribution in [3.63, 3.8) is 0 Å². The zero-order valence-electron chi connectivity index (χ0n) is 17.6. The van der Waals surface area contributed by atoms with E-state index < -0.39 is 21.7 Å². The molecular formula is C19H20F3N5O4S. The van der Waals surface area contributed by atoms with E-state index in [0.29, 0.717) is 11.2 Å². The van der Waals surface area contributed by atoms with Crippen LogP contribution in [0.5, 0.6) is 5.75 Å². The lowest BCUT2D eigenvalue weighted by Crippen LogP contribution is -2.11. The van der Waals surface area contributed by atoms with Crippen LogP contribution in [0, 0.1) is 0 Å². The largest absolute Gasteiger partial charge is 0.486 e. The predicted molar refractivity (Wildman–Crippen MR) is 110 cm³/mol. The third-order valence-electron chi connectivity index (χ3n) is 4.51. The number of imidazole rings is 1. The minimum atomic E-state index is -4.63. The third kappa shape index (κ3) is 4.66. The fraction of sp³-hybridized carbons (Fsp3) is 0.368. The summed E-state index contributed by atoms with van der Waals surface area (Å²) in [6.07, 6.45) is -2.29. The second kappa shape index (κ2) is 8.73. The molecule has 9 nitrogen and oxygen atoms in total. The summed E-state index contributed by atoms with van der Waals surface area (Å²) < 4.78 is 71.5. The Hall–Kier alpha value is -3.22. The molecule has 32 heavy (non-hydrogen) atoms. The zero-order chi connectivity index (χ0) is 23.7. The van der Waals surface area contributed by atoms with E-state index in [1.807, 2.05) is 0 Å². The highest BCUT2D eigenvalue weighted by molar-refractivity contribution is 7.91. The molecule has 0 bridgehead atoms. The van der Waals surface area contributed by atoms with Gasteiger partial charge < -0.3 is 14.1 Å². The molecule has 13 heteroatoms. The molecule has 0 aliphatic heterocycles. The van der Waals surface area contributed by atoms with Gasteiger partial charge in [0.05, 0.1) is 34.9 Å². The Labute approximate surface area is 181 Å². The number of rotatable bonds is 7. The number of oxime groups is 1. The van der Waals surface area contributed by atoms with Crippen LogP contribution in [0.4, 0.5) is 13.2 Å². The molecule has 0 amide bonds. The Kier molecular flexibility index (Phi) is 6.39. The lowest BCUT2D eigenvalue weighted by atomic mass is 10.3. The van der Waals surface area contributed by atoms with Crippen molar-refractivity contribution in [2.24, 2.45) is 12.2 Å². The monoisotopic (exact) mass is 471 g/mol. The molecular weight excluding hydrogens is 451 g/mol. The molecule has 0 aliphatic rings. The Balaban J connectivity index is 2.13. The van der Waals surface area contributed by atoms with E-state index in [1.54, 1.807) is 14.0 Å². The molecule has 0 saturated heterocycles. The van der Waals surface area contributed by atoms with Crippen LogP contribution in [-0.4, -0.2) is 53.1 Å². The molecule has 3 rings (SSSR count). The third-order valence-corrected chi connectivity index (χ3v) is 6.25. The lowest BCUT2D eigenvalue weighted by molar-refractivity contribution is -0.141. The van der Waals surface area contributed by atoms with E-state index in [2.05, 4.69) is 24.9 Å². The van der Waals surface area contributed by atoms with Crippen LogP contribution in [0.3, 0.4) is 0 Å². The Morgan fingerprint density at radius 1 is 1.22 bits per heavy atom. The zero-order valence-corrected chi connectivity index (χ0v) is 18.5. The maximum absolute atomic E-state index is 13.0. The SMILES string of the molecule is CCS(=O)(=O)c1cc(OCC(C)=NOC)cnc1-c1nc2cc(C(F)(F)F)ncc2n1C. The minimum Gasteiger partial charge on any atom is -0.486 e. The molecule has 172 valence electrons. The van der Waals surface area contributed by atoms with Crippen LogP contribution >= 0.6 is 0 Å². The fourth-order valence-electron chi connectivity index (χ4n) is 2.89. The number of ether oxygens (including phenoxy) is 1. The second-order valence-electron chi connectivity index (χ2n) is 6.77. The van der Waals surface area contributed by atoms with Gasteiger partial charge in [0, 0.05) is 13.1 Å². The van der Waals surface area contributed by atoms with Gasteiger partial charge in [-0.1, -0.05) is 12.1 Å². The number of sulfone groups is 1. The van der Waals surface area contributed by atoms with Gasteiger partial charge in [0.1, 0.15) is 35.7 Å². The van der Waals surface area contributed by atoms with Crippen LogP contribution in [0.1, 0.15) is 19.5 Å². The van der Waals surface area contributed by atoms with E-state index >= 15 is 0 Å². The molecule has 0 N–H and O–H groups in total. The number of aryl methyl sites for hydroxylation is 1. The summed E-state index contributed by atoms with van der Waals surface area (Å²) in [7, 11) is -0.855. The molecule has 0 radical (unpaired) electrons. The molecule has 0 fully saturated rings. The van der Waals surface area contributed by atoms with Gasteiger partial charge in [0.25, 0.3) is 0 Å². The average Bonchev–Trinajstić information content (AvgIpc) is 3.07. The number of halogens is 3.